The van der Waals surface area contributed by atoms with Crippen molar-refractivity contribution in [2.75, 3.05) is 0 Å². The second-order valence-corrected chi connectivity index (χ2v) is 6.05. The molecule has 0 radical (unpaired) electrons. The van der Waals surface area contributed by atoms with Gasteiger partial charge in [0.05, 0.1) is 0 Å². The number of primary amides is 1. The Bertz CT molecular complexity index is 400. The molecule has 0 saturated heterocycles. The van der Waals surface area contributed by atoms with Gasteiger partial charge in [0.1, 0.15) is 5.54 Å². The maximum Gasteiger partial charge on any atom is 0.329 e. The Morgan fingerprint density at radius 3 is 2.20 bits per heavy atom. The van der Waals surface area contributed by atoms with Crippen molar-refractivity contribution in [3.63, 3.8) is 0 Å². The number of rotatable bonds is 5. The third-order valence-corrected chi connectivity index (χ3v) is 3.54. The Balaban J connectivity index is 2.67. The minimum absolute atomic E-state index is 0.0134. The maximum absolute atomic E-state index is 12.0. The monoisotopic (exact) mass is 285 g/mol. The molecule has 0 aliphatic heterocycles. The predicted molar refractivity (Wildman–Crippen MR) is 73.0 cm³/mol. The fourth-order valence-electron chi connectivity index (χ4n) is 2.58. The zero-order valence-electron chi connectivity index (χ0n) is 12.0. The van der Waals surface area contributed by atoms with Gasteiger partial charge in [0.2, 0.25) is 5.91 Å². The summed E-state index contributed by atoms with van der Waals surface area (Å²) in [6.45, 7) is 3.32. The van der Waals surface area contributed by atoms with Crippen molar-refractivity contribution in [2.24, 2.45) is 5.73 Å². The summed E-state index contributed by atoms with van der Waals surface area (Å²) in [4.78, 5) is 34.3. The van der Waals surface area contributed by atoms with Gasteiger partial charge in [-0.15, -0.1) is 0 Å². The number of nitrogens with two attached hydrogens (primary N) is 1. The number of hydrogen-bond donors (Lipinski definition) is 4. The Hall–Kier alpha value is -1.79. The van der Waals surface area contributed by atoms with Crippen LogP contribution in [0.25, 0.3) is 0 Å². The van der Waals surface area contributed by atoms with Gasteiger partial charge in [-0.1, -0.05) is 19.3 Å². The molecular formula is C13H23N3O4. The summed E-state index contributed by atoms with van der Waals surface area (Å²) in [5, 5.41) is 14.5. The topological polar surface area (TPSA) is 122 Å². The van der Waals surface area contributed by atoms with Crippen LogP contribution in [0.5, 0.6) is 0 Å². The molecule has 1 aliphatic carbocycles. The molecule has 3 amide bonds. The SMILES string of the molecule is CC(C)(CC(N)=O)NC(=O)NC1(C(=O)O)CCCCC1. The molecule has 0 unspecified atom stereocenters. The number of nitrogens with one attached hydrogen (secondary N) is 2. The molecule has 5 N–H and O–H groups in total. The minimum atomic E-state index is -1.20. The molecular weight excluding hydrogens is 262 g/mol. The van der Waals surface area contributed by atoms with Crippen LogP contribution in [0.15, 0.2) is 0 Å². The smallest absolute Gasteiger partial charge is 0.329 e. The molecule has 0 aromatic heterocycles. The third kappa shape index (κ3) is 4.40. The Labute approximate surface area is 118 Å². The molecule has 1 fully saturated rings. The van der Waals surface area contributed by atoms with Crippen molar-refractivity contribution in [3.8, 4) is 0 Å². The van der Waals surface area contributed by atoms with Crippen LogP contribution in [-0.4, -0.2) is 34.1 Å². The van der Waals surface area contributed by atoms with Gasteiger partial charge in [0.25, 0.3) is 0 Å². The van der Waals surface area contributed by atoms with Crippen LogP contribution in [0.3, 0.4) is 0 Å². The van der Waals surface area contributed by atoms with E-state index in [0.29, 0.717) is 12.8 Å². The second kappa shape index (κ2) is 6.11. The van der Waals surface area contributed by atoms with E-state index in [4.69, 9.17) is 5.73 Å². The predicted octanol–water partition coefficient (Wildman–Crippen LogP) is 0.727. The van der Waals surface area contributed by atoms with E-state index in [9.17, 15) is 19.5 Å². The van der Waals surface area contributed by atoms with Crippen LogP contribution in [0, 0.1) is 0 Å². The van der Waals surface area contributed by atoms with Gasteiger partial charge in [0.15, 0.2) is 0 Å². The molecule has 0 aromatic rings. The highest BCUT2D eigenvalue weighted by atomic mass is 16.4. The molecule has 0 spiro atoms. The van der Waals surface area contributed by atoms with E-state index in [1.54, 1.807) is 13.8 Å². The highest BCUT2D eigenvalue weighted by molar-refractivity contribution is 5.87. The third-order valence-electron chi connectivity index (χ3n) is 3.54. The van der Waals surface area contributed by atoms with Crippen LogP contribution in [0.4, 0.5) is 4.79 Å². The maximum atomic E-state index is 12.0. The summed E-state index contributed by atoms with van der Waals surface area (Å²) < 4.78 is 0. The molecule has 7 heteroatoms. The molecule has 1 rings (SSSR count). The normalized spacial score (nSPS) is 18.1. The summed E-state index contributed by atoms with van der Waals surface area (Å²) >= 11 is 0. The van der Waals surface area contributed by atoms with Crippen LogP contribution in [-0.2, 0) is 9.59 Å². The number of urea groups is 1. The van der Waals surface area contributed by atoms with E-state index in [1.807, 2.05) is 0 Å². The first-order chi connectivity index (χ1) is 9.17. The Kier molecular flexibility index (Phi) is 4.97. The van der Waals surface area contributed by atoms with Crippen molar-refractivity contribution >= 4 is 17.9 Å². The summed E-state index contributed by atoms with van der Waals surface area (Å²) in [6.07, 6.45) is 3.36. The average Bonchev–Trinajstić information content (AvgIpc) is 2.26. The van der Waals surface area contributed by atoms with Crippen molar-refractivity contribution in [1.82, 2.24) is 10.6 Å². The molecule has 20 heavy (non-hydrogen) atoms. The van der Waals surface area contributed by atoms with E-state index in [0.717, 1.165) is 19.3 Å². The van der Waals surface area contributed by atoms with Crippen LogP contribution >= 0.6 is 0 Å². The molecule has 1 saturated carbocycles. The van der Waals surface area contributed by atoms with Gasteiger partial charge in [-0.25, -0.2) is 9.59 Å². The van der Waals surface area contributed by atoms with Gasteiger partial charge >= 0.3 is 12.0 Å². The van der Waals surface area contributed by atoms with Crippen molar-refractivity contribution in [2.45, 2.75) is 63.5 Å². The molecule has 7 nitrogen and oxygen atoms in total. The zero-order chi connectivity index (χ0) is 15.4. The second-order valence-electron chi connectivity index (χ2n) is 6.05. The van der Waals surface area contributed by atoms with E-state index in [2.05, 4.69) is 10.6 Å². The van der Waals surface area contributed by atoms with Crippen molar-refractivity contribution in [3.05, 3.63) is 0 Å². The van der Waals surface area contributed by atoms with Crippen LogP contribution in [0.2, 0.25) is 0 Å². The number of carboxylic acids is 1. The summed E-state index contributed by atoms with van der Waals surface area (Å²) in [6, 6.07) is -0.583. The lowest BCUT2D eigenvalue weighted by atomic mass is 9.82. The molecule has 0 heterocycles. The van der Waals surface area contributed by atoms with Crippen LogP contribution < -0.4 is 16.4 Å². The largest absolute Gasteiger partial charge is 0.480 e. The number of carbonyl (C=O) groups is 3. The molecule has 0 atom stereocenters. The van der Waals surface area contributed by atoms with E-state index >= 15 is 0 Å². The molecule has 0 bridgehead atoms. The summed E-state index contributed by atoms with van der Waals surface area (Å²) in [5.41, 5.74) is 3.09. The number of aliphatic carboxylic acids is 1. The number of carboxylic acid groups (broad SMARTS) is 1. The average molecular weight is 285 g/mol. The Morgan fingerprint density at radius 2 is 1.75 bits per heavy atom. The van der Waals surface area contributed by atoms with Crippen LogP contribution in [0.1, 0.15) is 52.4 Å². The van der Waals surface area contributed by atoms with E-state index in [-0.39, 0.29) is 6.42 Å². The van der Waals surface area contributed by atoms with Gasteiger partial charge in [0, 0.05) is 12.0 Å². The van der Waals surface area contributed by atoms with E-state index in [1.165, 1.54) is 0 Å². The van der Waals surface area contributed by atoms with E-state index < -0.39 is 29.0 Å². The number of amides is 3. The zero-order valence-corrected chi connectivity index (χ0v) is 12.0. The fraction of sp³-hybridized carbons (Fsp3) is 0.769. The fourth-order valence-corrected chi connectivity index (χ4v) is 2.58. The minimum Gasteiger partial charge on any atom is -0.480 e. The lowest BCUT2D eigenvalue weighted by Gasteiger charge is -2.35. The lowest BCUT2D eigenvalue weighted by molar-refractivity contribution is -0.145. The summed E-state index contributed by atoms with van der Waals surface area (Å²) in [7, 11) is 0. The first-order valence-corrected chi connectivity index (χ1v) is 6.79. The molecule has 114 valence electrons. The lowest BCUT2D eigenvalue weighted by Crippen LogP contribution is -2.61. The van der Waals surface area contributed by atoms with Crippen molar-refractivity contribution in [1.29, 1.82) is 0 Å². The van der Waals surface area contributed by atoms with Crippen molar-refractivity contribution < 1.29 is 19.5 Å². The molecule has 1 aliphatic rings. The highest BCUT2D eigenvalue weighted by Gasteiger charge is 2.41. The quantitative estimate of drug-likeness (QED) is 0.594. The standard InChI is InChI=1S/C13H23N3O4/c1-12(2,8-9(14)17)15-11(20)16-13(10(18)19)6-4-3-5-7-13/h3-8H2,1-2H3,(H2,14,17)(H,18,19)(H2,15,16,20). The highest BCUT2D eigenvalue weighted by Crippen LogP contribution is 2.28. The van der Waals surface area contributed by atoms with Gasteiger partial charge < -0.3 is 21.5 Å². The van der Waals surface area contributed by atoms with Gasteiger partial charge in [-0.2, -0.15) is 0 Å². The number of carbonyl (C=O) groups excluding carboxylic acids is 2. The molecule has 0 aromatic carbocycles. The first kappa shape index (κ1) is 16.3. The Morgan fingerprint density at radius 1 is 1.20 bits per heavy atom. The first-order valence-electron chi connectivity index (χ1n) is 6.79. The number of hydrogen-bond acceptors (Lipinski definition) is 3. The van der Waals surface area contributed by atoms with Gasteiger partial charge in [-0.05, 0) is 26.7 Å². The summed E-state index contributed by atoms with van der Waals surface area (Å²) in [5.74, 6) is -1.54. The van der Waals surface area contributed by atoms with Gasteiger partial charge in [-0.3, -0.25) is 4.79 Å².